The molecule has 5 heterocycles. The van der Waals surface area contributed by atoms with Gasteiger partial charge >= 0.3 is 0 Å². The summed E-state index contributed by atoms with van der Waals surface area (Å²) in [6.07, 6.45) is 4.93. The summed E-state index contributed by atoms with van der Waals surface area (Å²) in [5.41, 5.74) is 1.14. The maximum absolute atomic E-state index is 14.7. The number of anilines is 4. The number of fused-ring (bicyclic) bond motifs is 1. The smallest absolute Gasteiger partial charge is 0.271 e. The van der Waals surface area contributed by atoms with E-state index in [9.17, 15) is 31.6 Å². The number of nitrogens with zero attached hydrogens (tertiary/aromatic N) is 8. The Morgan fingerprint density at radius 3 is 2.27 bits per heavy atom. The van der Waals surface area contributed by atoms with Crippen molar-refractivity contribution >= 4 is 61.6 Å². The zero-order valence-corrected chi connectivity index (χ0v) is 44.0. The fourth-order valence-electron chi connectivity index (χ4n) is 8.65. The quantitative estimate of drug-likeness (QED) is 0.0640. The van der Waals surface area contributed by atoms with Crippen LogP contribution in [0.15, 0.2) is 53.9 Å². The number of piperazine rings is 1. The number of likely N-dealkylation sites (N-methyl/N-ethyl adjacent to an activating group) is 1. The number of amides is 3. The molecule has 23 heteroatoms. The molecule has 0 spiro atoms. The lowest BCUT2D eigenvalue weighted by molar-refractivity contribution is -0.140. The average molecular weight is 1030 g/mol. The lowest BCUT2D eigenvalue weighted by Gasteiger charge is -2.36. The number of halogens is 2. The number of carbonyl (C=O) groups is 3. The number of hydrogen-bond donors (Lipinski definition) is 6. The van der Waals surface area contributed by atoms with Gasteiger partial charge in [-0.05, 0) is 85.0 Å². The van der Waals surface area contributed by atoms with Gasteiger partial charge < -0.3 is 41.1 Å². The van der Waals surface area contributed by atoms with E-state index in [0.29, 0.717) is 74.0 Å². The summed E-state index contributed by atoms with van der Waals surface area (Å²) in [6.45, 7) is 20.5. The molecule has 20 nitrogen and oxygen atoms in total. The van der Waals surface area contributed by atoms with E-state index in [1.54, 1.807) is 32.9 Å². The molecule has 2 fully saturated rings. The lowest BCUT2D eigenvalue weighted by atomic mass is 9.85. The van der Waals surface area contributed by atoms with E-state index in [1.165, 1.54) is 29.7 Å². The Hall–Kier alpha value is -6.43. The first-order valence-corrected chi connectivity index (χ1v) is 26.0. The Kier molecular flexibility index (Phi) is 16.6. The largest absolute Gasteiger partial charge is 0.492 e. The zero-order valence-electron chi connectivity index (χ0n) is 43.2. The Bertz CT molecular complexity index is 2880. The predicted octanol–water partition coefficient (Wildman–Crippen LogP) is 4.90. The van der Waals surface area contributed by atoms with Gasteiger partial charge in [-0.2, -0.15) is 5.10 Å². The second-order valence-corrected chi connectivity index (χ2v) is 23.5. The standard InChI is InChI=1S/C50H68F2N14O6S/c1-29(53-10)24-56-43(49(4,5)6)48(69)66-27-32(21-38(66)47(68)60-42-34(51)13-11-14-35(42)52)59-46(67)37-25-55-41(26-54-37)65-18-16-64(17-19-65)15-12-20-72-39-23-36-33(22-40(39)73(70,71)50(7,8)9)45(58-28-57-36)61-44-30(2)31(3)62-63-44/h11,13-14,22-23,25-26,28-29,32,38,43,53,56H,12,15-21,24,27H2,1-10H3,(H,59,67)(H,60,68)(H2,57,58,61,62,63)/t29-,32-,38-,43+/m0/s1. The zero-order chi connectivity index (χ0) is 53.0. The third-order valence-electron chi connectivity index (χ3n) is 13.4. The number of ether oxygens (including phenoxy) is 1. The molecule has 5 aromatic rings. The molecule has 3 amide bonds. The number of benzene rings is 2. The Morgan fingerprint density at radius 2 is 1.66 bits per heavy atom. The number of sulfone groups is 1. The molecule has 0 radical (unpaired) electrons. The van der Waals surface area contributed by atoms with Crippen LogP contribution in [0.1, 0.15) is 83.1 Å². The monoisotopic (exact) mass is 1030 g/mol. The normalized spacial score (nSPS) is 17.6. The SMILES string of the molecule is CN[C@@H](C)CN[C@H](C(=O)N1C[C@@H](NC(=O)c2cnc(N3CCN(CCCOc4cc5ncnc(Nc6n[nH]c(C)c6C)c5cc4S(=O)(=O)C(C)(C)C)CC3)cn2)C[C@H]1C(=O)Nc1c(F)cccc1F)C(C)(C)C. The fourth-order valence-corrected chi connectivity index (χ4v) is 9.97. The highest BCUT2D eigenvalue weighted by Gasteiger charge is 2.45. The highest BCUT2D eigenvalue weighted by atomic mass is 32.2. The molecular weight excluding hydrogens is 963 g/mol. The number of carbonyl (C=O) groups excluding carboxylic acids is 3. The van der Waals surface area contributed by atoms with E-state index in [1.807, 2.05) is 48.6 Å². The minimum absolute atomic E-state index is 0.0178. The van der Waals surface area contributed by atoms with Crippen LogP contribution < -0.4 is 36.2 Å². The van der Waals surface area contributed by atoms with Crippen molar-refractivity contribution in [2.24, 2.45) is 5.41 Å². The number of likely N-dealkylation sites (tertiary alicyclic amines) is 1. The van der Waals surface area contributed by atoms with Gasteiger partial charge in [-0.15, -0.1) is 0 Å². The lowest BCUT2D eigenvalue weighted by Crippen LogP contribution is -2.57. The molecule has 7 rings (SSSR count). The van der Waals surface area contributed by atoms with Gasteiger partial charge in [-0.3, -0.25) is 24.4 Å². The summed E-state index contributed by atoms with van der Waals surface area (Å²) in [4.78, 5) is 65.3. The van der Waals surface area contributed by atoms with Gasteiger partial charge in [0.15, 0.2) is 15.7 Å². The molecule has 394 valence electrons. The first kappa shape index (κ1) is 54.3. The topological polar surface area (TPSA) is 245 Å². The molecule has 3 aromatic heterocycles. The fraction of sp³-hybridized carbons (Fsp3) is 0.520. The number of para-hydroxylation sites is 1. The van der Waals surface area contributed by atoms with Crippen molar-refractivity contribution in [3.05, 3.63) is 77.6 Å². The number of hydrogen-bond acceptors (Lipinski definition) is 16. The van der Waals surface area contributed by atoms with Crippen LogP contribution in [0.3, 0.4) is 0 Å². The van der Waals surface area contributed by atoms with E-state index in [4.69, 9.17) is 4.74 Å². The number of nitrogens with one attached hydrogen (secondary N) is 6. The summed E-state index contributed by atoms with van der Waals surface area (Å²) < 4.78 is 62.4. The summed E-state index contributed by atoms with van der Waals surface area (Å²) in [5, 5.41) is 22.7. The predicted molar refractivity (Wildman–Crippen MR) is 275 cm³/mol. The molecule has 2 aliphatic heterocycles. The summed E-state index contributed by atoms with van der Waals surface area (Å²) in [5.74, 6) is -1.86. The summed E-state index contributed by atoms with van der Waals surface area (Å²) in [7, 11) is -2.05. The van der Waals surface area contributed by atoms with Crippen molar-refractivity contribution in [1.82, 2.24) is 55.9 Å². The van der Waals surface area contributed by atoms with Crippen molar-refractivity contribution in [2.75, 3.05) is 75.0 Å². The van der Waals surface area contributed by atoms with Crippen molar-refractivity contribution in [3.63, 3.8) is 0 Å². The van der Waals surface area contributed by atoms with Crippen molar-refractivity contribution in [3.8, 4) is 5.75 Å². The number of aryl methyl sites for hydroxylation is 1. The highest BCUT2D eigenvalue weighted by Crippen LogP contribution is 2.37. The third-order valence-corrected chi connectivity index (χ3v) is 15.9. The first-order valence-electron chi connectivity index (χ1n) is 24.5. The molecule has 2 aliphatic rings. The minimum Gasteiger partial charge on any atom is -0.492 e. The Morgan fingerprint density at radius 1 is 0.945 bits per heavy atom. The van der Waals surface area contributed by atoms with Crippen molar-refractivity contribution in [1.29, 1.82) is 0 Å². The number of aromatic nitrogens is 6. The first-order chi connectivity index (χ1) is 34.5. The molecule has 0 unspecified atom stereocenters. The van der Waals surface area contributed by atoms with Gasteiger partial charge in [0.2, 0.25) is 11.8 Å². The number of aromatic amines is 1. The third kappa shape index (κ3) is 12.5. The van der Waals surface area contributed by atoms with Crippen molar-refractivity contribution < 1.29 is 36.3 Å². The van der Waals surface area contributed by atoms with Gasteiger partial charge in [0.05, 0.1) is 35.3 Å². The Labute approximate surface area is 425 Å². The molecule has 73 heavy (non-hydrogen) atoms. The number of H-pyrrole nitrogens is 1. The van der Waals surface area contributed by atoms with Gasteiger partial charge in [-0.1, -0.05) is 26.8 Å². The molecular formula is C50H68F2N14O6S. The summed E-state index contributed by atoms with van der Waals surface area (Å²) in [6, 6.07) is 3.90. The van der Waals surface area contributed by atoms with Crippen LogP contribution in [-0.4, -0.2) is 154 Å². The van der Waals surface area contributed by atoms with Gasteiger partial charge in [0, 0.05) is 80.6 Å². The van der Waals surface area contributed by atoms with Crippen LogP contribution in [-0.2, 0) is 19.4 Å². The molecule has 4 atom stereocenters. The van der Waals surface area contributed by atoms with Crippen LogP contribution >= 0.6 is 0 Å². The molecule has 6 N–H and O–H groups in total. The molecule has 0 bridgehead atoms. The van der Waals surface area contributed by atoms with E-state index >= 15 is 0 Å². The van der Waals surface area contributed by atoms with E-state index in [-0.39, 0.29) is 47.9 Å². The molecule has 2 saturated heterocycles. The minimum atomic E-state index is -3.86. The second-order valence-electron chi connectivity index (χ2n) is 20.8. The molecule has 2 aromatic carbocycles. The van der Waals surface area contributed by atoms with Gasteiger partial charge in [0.25, 0.3) is 5.91 Å². The van der Waals surface area contributed by atoms with Crippen LogP contribution in [0.4, 0.5) is 31.9 Å². The van der Waals surface area contributed by atoms with Crippen LogP contribution in [0.25, 0.3) is 10.9 Å². The second kappa shape index (κ2) is 22.4. The van der Waals surface area contributed by atoms with E-state index in [0.717, 1.165) is 23.4 Å². The summed E-state index contributed by atoms with van der Waals surface area (Å²) >= 11 is 0. The average Bonchev–Trinajstić information content (AvgIpc) is 3.91. The number of rotatable bonds is 18. The molecule has 0 aliphatic carbocycles. The maximum Gasteiger partial charge on any atom is 0.271 e. The van der Waals surface area contributed by atoms with Crippen LogP contribution in [0.5, 0.6) is 5.75 Å². The van der Waals surface area contributed by atoms with Gasteiger partial charge in [0.1, 0.15) is 57.7 Å². The van der Waals surface area contributed by atoms with Gasteiger partial charge in [-0.25, -0.2) is 37.1 Å². The highest BCUT2D eigenvalue weighted by molar-refractivity contribution is 7.92. The van der Waals surface area contributed by atoms with E-state index < -0.39 is 67.3 Å². The van der Waals surface area contributed by atoms with Crippen LogP contribution in [0, 0.1) is 30.9 Å². The maximum atomic E-state index is 14.7. The van der Waals surface area contributed by atoms with E-state index in [2.05, 4.69) is 66.5 Å². The van der Waals surface area contributed by atoms with Crippen molar-refractivity contribution in [2.45, 2.75) is 109 Å². The molecule has 0 saturated carbocycles. The van der Waals surface area contributed by atoms with Crippen LogP contribution in [0.2, 0.25) is 0 Å². The Balaban J connectivity index is 0.948.